The Bertz CT molecular complexity index is 424. The molecule has 3 N–H and O–H groups in total. The summed E-state index contributed by atoms with van der Waals surface area (Å²) in [4.78, 5) is 1.58. The molecule has 0 aliphatic carbocycles. The molecule has 5 heteroatoms. The van der Waals surface area contributed by atoms with E-state index in [0.717, 1.165) is 35.1 Å². The molecule has 1 atom stereocenters. The quantitative estimate of drug-likeness (QED) is 0.570. The highest BCUT2D eigenvalue weighted by Crippen LogP contribution is 2.28. The van der Waals surface area contributed by atoms with E-state index in [1.165, 1.54) is 0 Å². The van der Waals surface area contributed by atoms with Crippen LogP contribution in [0.5, 0.6) is 0 Å². The van der Waals surface area contributed by atoms with Gasteiger partial charge in [0, 0.05) is 29.8 Å². The van der Waals surface area contributed by atoms with E-state index in [4.69, 9.17) is 22.7 Å². The Morgan fingerprint density at radius 1 is 1.53 bits per heavy atom. The number of anilines is 1. The first-order valence-electron chi connectivity index (χ1n) is 6.38. The van der Waals surface area contributed by atoms with Gasteiger partial charge >= 0.3 is 0 Å². The fourth-order valence-electron chi connectivity index (χ4n) is 1.84. The summed E-state index contributed by atoms with van der Waals surface area (Å²) in [7, 11) is 1.72. The van der Waals surface area contributed by atoms with E-state index >= 15 is 0 Å². The van der Waals surface area contributed by atoms with Crippen LogP contribution in [0.1, 0.15) is 19.4 Å². The Morgan fingerprint density at radius 2 is 2.26 bits per heavy atom. The number of thiocarbonyl (C=S) groups is 1. The van der Waals surface area contributed by atoms with Crippen LogP contribution < -0.4 is 11.1 Å². The molecular formula is C14H22N2OS2. The molecule has 0 saturated carbocycles. The summed E-state index contributed by atoms with van der Waals surface area (Å²) in [5.74, 6) is 1.44. The van der Waals surface area contributed by atoms with E-state index in [1.807, 2.05) is 12.1 Å². The number of benzene rings is 1. The second kappa shape index (κ2) is 8.40. The molecule has 0 radical (unpaired) electrons. The lowest BCUT2D eigenvalue weighted by Gasteiger charge is -2.17. The molecule has 0 aromatic heterocycles. The number of hydrogen-bond donors (Lipinski definition) is 2. The van der Waals surface area contributed by atoms with Gasteiger partial charge in [0.2, 0.25) is 0 Å². The van der Waals surface area contributed by atoms with Gasteiger partial charge in [0.1, 0.15) is 4.99 Å². The first kappa shape index (κ1) is 16.3. The molecule has 0 aliphatic heterocycles. The first-order valence-corrected chi connectivity index (χ1v) is 7.77. The minimum Gasteiger partial charge on any atom is -0.389 e. The summed E-state index contributed by atoms with van der Waals surface area (Å²) in [5, 5.41) is 3.42. The van der Waals surface area contributed by atoms with Crippen molar-refractivity contribution in [3.8, 4) is 0 Å². The number of hydrogen-bond acceptors (Lipinski definition) is 4. The number of rotatable bonds is 8. The summed E-state index contributed by atoms with van der Waals surface area (Å²) in [6, 6.07) is 6.11. The van der Waals surface area contributed by atoms with E-state index in [2.05, 4.69) is 25.2 Å². The van der Waals surface area contributed by atoms with Crippen molar-refractivity contribution in [3.63, 3.8) is 0 Å². The highest BCUT2D eigenvalue weighted by molar-refractivity contribution is 7.99. The third-order valence-corrected chi connectivity index (χ3v) is 3.81. The normalized spacial score (nSPS) is 12.2. The Labute approximate surface area is 125 Å². The predicted octanol–water partition coefficient (Wildman–Crippen LogP) is 3.13. The SMILES string of the molecule is CCSc1cccc(NCC(C)COC)c1C(N)=S. The van der Waals surface area contributed by atoms with Gasteiger partial charge in [0.15, 0.2) is 0 Å². The van der Waals surface area contributed by atoms with Gasteiger partial charge in [-0.05, 0) is 23.8 Å². The number of methoxy groups -OCH3 is 1. The molecule has 0 spiro atoms. The zero-order chi connectivity index (χ0) is 14.3. The van der Waals surface area contributed by atoms with Crippen LogP contribution in [-0.2, 0) is 4.74 Å². The van der Waals surface area contributed by atoms with Crippen LogP contribution in [0.15, 0.2) is 23.1 Å². The average Bonchev–Trinajstić information content (AvgIpc) is 2.37. The lowest BCUT2D eigenvalue weighted by Crippen LogP contribution is -2.19. The summed E-state index contributed by atoms with van der Waals surface area (Å²) in [6.45, 7) is 5.83. The molecule has 0 fully saturated rings. The third-order valence-electron chi connectivity index (χ3n) is 2.66. The van der Waals surface area contributed by atoms with E-state index in [0.29, 0.717) is 10.9 Å². The molecule has 1 aromatic rings. The molecule has 1 aromatic carbocycles. The zero-order valence-electron chi connectivity index (χ0n) is 11.7. The average molecular weight is 298 g/mol. The zero-order valence-corrected chi connectivity index (χ0v) is 13.4. The van der Waals surface area contributed by atoms with Gasteiger partial charge in [-0.15, -0.1) is 11.8 Å². The lowest BCUT2D eigenvalue weighted by molar-refractivity contribution is 0.164. The minimum absolute atomic E-state index is 0.437. The predicted molar refractivity (Wildman–Crippen MR) is 88.3 cm³/mol. The third kappa shape index (κ3) is 5.01. The number of thioether (sulfide) groups is 1. The van der Waals surface area contributed by atoms with Gasteiger partial charge in [0.25, 0.3) is 0 Å². The molecule has 0 amide bonds. The topological polar surface area (TPSA) is 47.3 Å². The summed E-state index contributed by atoms with van der Waals surface area (Å²) in [5.41, 5.74) is 7.83. The maximum absolute atomic E-state index is 5.86. The summed E-state index contributed by atoms with van der Waals surface area (Å²) >= 11 is 6.94. The van der Waals surface area contributed by atoms with E-state index in [1.54, 1.807) is 18.9 Å². The van der Waals surface area contributed by atoms with Crippen molar-refractivity contribution < 1.29 is 4.74 Å². The van der Waals surface area contributed by atoms with Crippen molar-refractivity contribution in [2.75, 3.05) is 31.3 Å². The van der Waals surface area contributed by atoms with Crippen LogP contribution in [0.3, 0.4) is 0 Å². The lowest BCUT2D eigenvalue weighted by atomic mass is 10.1. The van der Waals surface area contributed by atoms with Crippen LogP contribution in [0.4, 0.5) is 5.69 Å². The van der Waals surface area contributed by atoms with E-state index in [-0.39, 0.29) is 0 Å². The van der Waals surface area contributed by atoms with Crippen molar-refractivity contribution in [2.24, 2.45) is 11.7 Å². The fourth-order valence-corrected chi connectivity index (χ4v) is 2.97. The highest BCUT2D eigenvalue weighted by atomic mass is 32.2. The Hall–Kier alpha value is -0.780. The minimum atomic E-state index is 0.437. The van der Waals surface area contributed by atoms with Crippen LogP contribution in [0.2, 0.25) is 0 Å². The number of nitrogens with one attached hydrogen (secondary N) is 1. The standard InChI is InChI=1S/C14H22N2OS2/c1-4-19-12-7-5-6-11(13(12)14(15)18)16-8-10(2)9-17-3/h5-7,10,16H,4,8-9H2,1-3H3,(H2,15,18). The van der Waals surface area contributed by atoms with Crippen molar-refractivity contribution in [1.29, 1.82) is 0 Å². The van der Waals surface area contributed by atoms with E-state index in [9.17, 15) is 0 Å². The van der Waals surface area contributed by atoms with Crippen molar-refractivity contribution in [2.45, 2.75) is 18.7 Å². The monoisotopic (exact) mass is 298 g/mol. The summed E-state index contributed by atoms with van der Waals surface area (Å²) in [6.07, 6.45) is 0. The van der Waals surface area contributed by atoms with Crippen LogP contribution >= 0.6 is 24.0 Å². The largest absolute Gasteiger partial charge is 0.389 e. The Balaban J connectivity index is 2.87. The van der Waals surface area contributed by atoms with Gasteiger partial charge < -0.3 is 15.8 Å². The maximum Gasteiger partial charge on any atom is 0.107 e. The molecule has 0 aliphatic rings. The van der Waals surface area contributed by atoms with Crippen LogP contribution in [0.25, 0.3) is 0 Å². The Kier molecular flexibility index (Phi) is 7.20. The molecule has 0 saturated heterocycles. The van der Waals surface area contributed by atoms with Gasteiger partial charge in [-0.3, -0.25) is 0 Å². The highest BCUT2D eigenvalue weighted by Gasteiger charge is 2.11. The molecule has 3 nitrogen and oxygen atoms in total. The van der Waals surface area contributed by atoms with Gasteiger partial charge in [-0.1, -0.05) is 32.1 Å². The van der Waals surface area contributed by atoms with Crippen LogP contribution in [-0.4, -0.2) is 31.0 Å². The molecule has 0 bridgehead atoms. The fraction of sp³-hybridized carbons (Fsp3) is 0.500. The van der Waals surface area contributed by atoms with Crippen molar-refractivity contribution in [1.82, 2.24) is 0 Å². The molecular weight excluding hydrogens is 276 g/mol. The Morgan fingerprint density at radius 3 is 2.84 bits per heavy atom. The van der Waals surface area contributed by atoms with E-state index < -0.39 is 0 Å². The van der Waals surface area contributed by atoms with Crippen molar-refractivity contribution in [3.05, 3.63) is 23.8 Å². The second-order valence-electron chi connectivity index (χ2n) is 4.42. The maximum atomic E-state index is 5.86. The summed E-state index contributed by atoms with van der Waals surface area (Å²) < 4.78 is 5.14. The van der Waals surface area contributed by atoms with Gasteiger partial charge in [0.05, 0.1) is 6.61 Å². The molecule has 19 heavy (non-hydrogen) atoms. The molecule has 1 unspecified atom stereocenters. The molecule has 106 valence electrons. The van der Waals surface area contributed by atoms with Crippen LogP contribution in [0, 0.1) is 5.92 Å². The van der Waals surface area contributed by atoms with Crippen molar-refractivity contribution >= 4 is 34.7 Å². The molecule has 1 rings (SSSR count). The smallest absolute Gasteiger partial charge is 0.107 e. The molecule has 0 heterocycles. The number of nitrogens with two attached hydrogens (primary N) is 1. The number of ether oxygens (including phenoxy) is 1. The first-order chi connectivity index (χ1) is 9.10. The van der Waals surface area contributed by atoms with Gasteiger partial charge in [-0.2, -0.15) is 0 Å². The van der Waals surface area contributed by atoms with Gasteiger partial charge in [-0.25, -0.2) is 0 Å². The second-order valence-corrected chi connectivity index (χ2v) is 6.16.